The van der Waals surface area contributed by atoms with Crippen molar-refractivity contribution >= 4 is 0 Å². The average Bonchev–Trinajstić information content (AvgIpc) is 2.74. The van der Waals surface area contributed by atoms with Gasteiger partial charge in [0.2, 0.25) is 0 Å². The third kappa shape index (κ3) is 2.57. The van der Waals surface area contributed by atoms with E-state index in [1.54, 1.807) is 0 Å². The minimum absolute atomic E-state index is 0.396. The molecule has 3 atom stereocenters. The molecule has 1 heteroatoms. The lowest BCUT2D eigenvalue weighted by Crippen LogP contribution is -2.27. The monoisotopic (exact) mass is 220 g/mol. The number of hydrogen-bond acceptors (Lipinski definition) is 1. The van der Waals surface area contributed by atoms with Crippen molar-refractivity contribution in [1.29, 1.82) is 0 Å². The molecular formula is C15H24O. The Hall–Kier alpha value is -0.560. The molecule has 1 aliphatic carbocycles. The molecular weight excluding hydrogens is 196 g/mol. The molecule has 0 amide bonds. The summed E-state index contributed by atoms with van der Waals surface area (Å²) in [5, 5.41) is 0. The van der Waals surface area contributed by atoms with Crippen LogP contribution >= 0.6 is 0 Å². The average molecular weight is 220 g/mol. The van der Waals surface area contributed by atoms with Crippen molar-refractivity contribution in [3.63, 3.8) is 0 Å². The molecule has 0 unspecified atom stereocenters. The van der Waals surface area contributed by atoms with Crippen LogP contribution in [0.25, 0.3) is 0 Å². The lowest BCUT2D eigenvalue weighted by atomic mass is 9.80. The van der Waals surface area contributed by atoms with E-state index in [1.807, 2.05) is 6.08 Å². The van der Waals surface area contributed by atoms with Crippen molar-refractivity contribution in [3.05, 3.63) is 25.3 Å². The van der Waals surface area contributed by atoms with Crippen LogP contribution in [0.5, 0.6) is 0 Å². The summed E-state index contributed by atoms with van der Waals surface area (Å²) in [6.07, 6.45) is 14.0. The maximum atomic E-state index is 6.20. The van der Waals surface area contributed by atoms with Crippen LogP contribution < -0.4 is 0 Å². The van der Waals surface area contributed by atoms with E-state index in [0.717, 1.165) is 18.8 Å². The fraction of sp³-hybridized carbons (Fsp3) is 0.733. The zero-order chi connectivity index (χ0) is 11.4. The third-order valence-corrected chi connectivity index (χ3v) is 4.15. The van der Waals surface area contributed by atoms with Crippen LogP contribution in [0.4, 0.5) is 0 Å². The molecule has 1 heterocycles. The molecule has 0 aromatic heterocycles. The first-order valence-electron chi connectivity index (χ1n) is 6.74. The highest BCUT2D eigenvalue weighted by molar-refractivity contribution is 4.97. The van der Waals surface area contributed by atoms with E-state index in [9.17, 15) is 0 Å². The van der Waals surface area contributed by atoms with E-state index < -0.39 is 0 Å². The van der Waals surface area contributed by atoms with Gasteiger partial charge >= 0.3 is 0 Å². The highest BCUT2D eigenvalue weighted by atomic mass is 16.5. The Balaban J connectivity index is 1.95. The van der Waals surface area contributed by atoms with Crippen LogP contribution in [-0.4, -0.2) is 12.2 Å². The fourth-order valence-corrected chi connectivity index (χ4v) is 3.31. The first kappa shape index (κ1) is 11.9. The molecule has 0 aromatic rings. The molecule has 0 radical (unpaired) electrons. The summed E-state index contributed by atoms with van der Waals surface area (Å²) in [5.41, 5.74) is 0. The zero-order valence-corrected chi connectivity index (χ0v) is 10.2. The molecule has 1 aliphatic heterocycles. The van der Waals surface area contributed by atoms with Crippen LogP contribution in [0.3, 0.4) is 0 Å². The maximum Gasteiger partial charge on any atom is 0.0670 e. The lowest BCUT2D eigenvalue weighted by molar-refractivity contribution is -0.00607. The Morgan fingerprint density at radius 2 is 1.88 bits per heavy atom. The number of hydrogen-bond donors (Lipinski definition) is 0. The summed E-state index contributed by atoms with van der Waals surface area (Å²) in [5.74, 6) is 1.36. The Morgan fingerprint density at radius 3 is 2.50 bits per heavy atom. The molecule has 0 bridgehead atoms. The van der Waals surface area contributed by atoms with Gasteiger partial charge in [0.15, 0.2) is 0 Å². The van der Waals surface area contributed by atoms with Gasteiger partial charge in [0.1, 0.15) is 0 Å². The molecule has 2 rings (SSSR count). The Labute approximate surface area is 99.6 Å². The molecule has 16 heavy (non-hydrogen) atoms. The highest BCUT2D eigenvalue weighted by Crippen LogP contribution is 2.39. The summed E-state index contributed by atoms with van der Waals surface area (Å²) >= 11 is 0. The van der Waals surface area contributed by atoms with E-state index >= 15 is 0 Å². The third-order valence-electron chi connectivity index (χ3n) is 4.15. The van der Waals surface area contributed by atoms with Crippen LogP contribution in [0.1, 0.15) is 44.9 Å². The smallest absolute Gasteiger partial charge is 0.0670 e. The van der Waals surface area contributed by atoms with Crippen molar-refractivity contribution in [1.82, 2.24) is 0 Å². The molecule has 0 spiro atoms. The molecule has 1 saturated carbocycles. The predicted molar refractivity (Wildman–Crippen MR) is 68.4 cm³/mol. The van der Waals surface area contributed by atoms with Gasteiger partial charge in [-0.15, -0.1) is 13.2 Å². The topological polar surface area (TPSA) is 9.23 Å². The zero-order valence-electron chi connectivity index (χ0n) is 10.2. The van der Waals surface area contributed by atoms with Gasteiger partial charge in [0.25, 0.3) is 0 Å². The minimum Gasteiger partial charge on any atom is -0.374 e. The second kappa shape index (κ2) is 5.67. The van der Waals surface area contributed by atoms with Crippen LogP contribution in [0, 0.1) is 11.8 Å². The van der Waals surface area contributed by atoms with Crippen LogP contribution in [0.15, 0.2) is 25.3 Å². The first-order valence-corrected chi connectivity index (χ1v) is 6.74. The standard InChI is InChI=1S/C15H24O/c1-3-8-14-11-12(4-2)15(16-14)13-9-6-5-7-10-13/h3-4,12-15H,1-2,5-11H2/t12-,14-,15-/m0/s1. The molecule has 2 aliphatic rings. The Bertz CT molecular complexity index is 240. The van der Waals surface area contributed by atoms with Gasteiger partial charge in [-0.05, 0) is 31.6 Å². The summed E-state index contributed by atoms with van der Waals surface area (Å²) in [4.78, 5) is 0. The van der Waals surface area contributed by atoms with E-state index in [1.165, 1.54) is 32.1 Å². The van der Waals surface area contributed by atoms with Crippen molar-refractivity contribution < 1.29 is 4.74 Å². The number of ether oxygens (including phenoxy) is 1. The minimum atomic E-state index is 0.396. The second-order valence-electron chi connectivity index (χ2n) is 5.28. The van der Waals surface area contributed by atoms with Gasteiger partial charge in [-0.3, -0.25) is 0 Å². The van der Waals surface area contributed by atoms with E-state index in [-0.39, 0.29) is 0 Å². The first-order chi connectivity index (χ1) is 7.85. The second-order valence-corrected chi connectivity index (χ2v) is 5.28. The van der Waals surface area contributed by atoms with Crippen LogP contribution in [-0.2, 0) is 4.74 Å². The summed E-state index contributed by atoms with van der Waals surface area (Å²) in [6, 6.07) is 0. The molecule has 2 fully saturated rings. The molecule has 0 N–H and O–H groups in total. The van der Waals surface area contributed by atoms with Crippen molar-refractivity contribution in [2.24, 2.45) is 11.8 Å². The Kier molecular flexibility index (Phi) is 4.22. The van der Waals surface area contributed by atoms with Crippen molar-refractivity contribution in [3.8, 4) is 0 Å². The van der Waals surface area contributed by atoms with Gasteiger partial charge in [-0.2, -0.15) is 0 Å². The molecule has 1 nitrogen and oxygen atoms in total. The predicted octanol–water partition coefficient (Wildman–Crippen LogP) is 4.10. The maximum absolute atomic E-state index is 6.20. The highest BCUT2D eigenvalue weighted by Gasteiger charge is 2.37. The van der Waals surface area contributed by atoms with Crippen LogP contribution in [0.2, 0.25) is 0 Å². The van der Waals surface area contributed by atoms with Gasteiger partial charge in [-0.1, -0.05) is 31.4 Å². The van der Waals surface area contributed by atoms with Gasteiger partial charge in [0.05, 0.1) is 12.2 Å². The fourth-order valence-electron chi connectivity index (χ4n) is 3.31. The Morgan fingerprint density at radius 1 is 1.12 bits per heavy atom. The number of rotatable bonds is 4. The van der Waals surface area contributed by atoms with Gasteiger partial charge < -0.3 is 4.74 Å². The summed E-state index contributed by atoms with van der Waals surface area (Å²) in [6.45, 7) is 7.78. The molecule has 1 saturated heterocycles. The summed E-state index contributed by atoms with van der Waals surface area (Å²) < 4.78 is 6.20. The molecule has 90 valence electrons. The van der Waals surface area contributed by atoms with E-state index in [0.29, 0.717) is 18.1 Å². The van der Waals surface area contributed by atoms with Gasteiger partial charge in [-0.25, -0.2) is 0 Å². The van der Waals surface area contributed by atoms with E-state index in [2.05, 4.69) is 19.2 Å². The quantitative estimate of drug-likeness (QED) is 0.648. The lowest BCUT2D eigenvalue weighted by Gasteiger charge is -2.29. The van der Waals surface area contributed by atoms with E-state index in [4.69, 9.17) is 4.74 Å². The largest absolute Gasteiger partial charge is 0.374 e. The SMILES string of the molecule is C=CC[C@H]1C[C@H](C=C)[C@@H](C2CCCCC2)O1. The normalized spacial score (nSPS) is 36.1. The van der Waals surface area contributed by atoms with Crippen molar-refractivity contribution in [2.45, 2.75) is 57.2 Å². The summed E-state index contributed by atoms with van der Waals surface area (Å²) in [7, 11) is 0. The van der Waals surface area contributed by atoms with Gasteiger partial charge in [0, 0.05) is 5.92 Å². The molecule has 0 aromatic carbocycles. The van der Waals surface area contributed by atoms with Crippen molar-refractivity contribution in [2.75, 3.05) is 0 Å².